The summed E-state index contributed by atoms with van der Waals surface area (Å²) in [6, 6.07) is 11.9. The Bertz CT molecular complexity index is 804. The number of halogens is 1. The van der Waals surface area contributed by atoms with Gasteiger partial charge in [0, 0.05) is 16.3 Å². The van der Waals surface area contributed by atoms with Gasteiger partial charge in [-0.1, -0.05) is 18.5 Å². The molecular weight excluding hydrogens is 366 g/mol. The number of aryl methyl sites for hydroxylation is 1. The van der Waals surface area contributed by atoms with Crippen LogP contribution >= 0.6 is 11.6 Å². The third kappa shape index (κ3) is 6.00. The molecule has 0 spiro atoms. The molecule has 0 heterocycles. The van der Waals surface area contributed by atoms with E-state index < -0.39 is 12.1 Å². The molecule has 0 fully saturated rings. The predicted octanol–water partition coefficient (Wildman–Crippen LogP) is 5.01. The van der Waals surface area contributed by atoms with Gasteiger partial charge in [-0.3, -0.25) is 4.79 Å². The minimum absolute atomic E-state index is 0.147. The van der Waals surface area contributed by atoms with Crippen molar-refractivity contribution in [1.29, 1.82) is 0 Å². The molecule has 27 heavy (non-hydrogen) atoms. The molecule has 1 N–H and O–H groups in total. The van der Waals surface area contributed by atoms with Crippen molar-refractivity contribution in [1.82, 2.24) is 0 Å². The van der Waals surface area contributed by atoms with Gasteiger partial charge in [-0.05, 0) is 75.2 Å². The number of rotatable bonds is 7. The van der Waals surface area contributed by atoms with Crippen LogP contribution in [-0.4, -0.2) is 24.1 Å². The van der Waals surface area contributed by atoms with Crippen LogP contribution in [-0.2, 0) is 9.53 Å². The van der Waals surface area contributed by atoms with E-state index in [4.69, 9.17) is 21.1 Å². The van der Waals surface area contributed by atoms with Gasteiger partial charge < -0.3 is 14.8 Å². The van der Waals surface area contributed by atoms with Gasteiger partial charge in [0.1, 0.15) is 5.75 Å². The van der Waals surface area contributed by atoms with Gasteiger partial charge in [-0.15, -0.1) is 0 Å². The van der Waals surface area contributed by atoms with Crippen LogP contribution < -0.4 is 10.1 Å². The summed E-state index contributed by atoms with van der Waals surface area (Å²) in [6.07, 6.45) is -0.128. The normalized spacial score (nSPS) is 12.8. The lowest BCUT2D eigenvalue weighted by molar-refractivity contribution is -0.155. The summed E-state index contributed by atoms with van der Waals surface area (Å²) in [5.41, 5.74) is 2.06. The molecule has 2 aromatic rings. The Labute approximate surface area is 164 Å². The van der Waals surface area contributed by atoms with Crippen molar-refractivity contribution >= 4 is 29.2 Å². The lowest BCUT2D eigenvalue weighted by atomic mass is 10.1. The maximum atomic E-state index is 12.4. The summed E-state index contributed by atoms with van der Waals surface area (Å²) in [6.45, 7) is 7.28. The largest absolute Gasteiger partial charge is 0.479 e. The van der Waals surface area contributed by atoms with Gasteiger partial charge in [0.15, 0.2) is 6.10 Å². The number of amides is 1. The molecular formula is C21H24ClNO4. The molecule has 144 valence electrons. The molecule has 0 aliphatic heterocycles. The average molecular weight is 390 g/mol. The minimum atomic E-state index is -0.726. The highest BCUT2D eigenvalue weighted by molar-refractivity contribution is 6.30. The van der Waals surface area contributed by atoms with E-state index in [1.165, 1.54) is 0 Å². The molecule has 0 saturated heterocycles. The quantitative estimate of drug-likeness (QED) is 0.676. The fourth-order valence-corrected chi connectivity index (χ4v) is 2.50. The summed E-state index contributed by atoms with van der Waals surface area (Å²) in [4.78, 5) is 24.3. The number of ether oxygens (including phenoxy) is 2. The van der Waals surface area contributed by atoms with E-state index in [2.05, 4.69) is 5.32 Å². The number of carbonyl (C=O) groups is 2. The zero-order valence-electron chi connectivity index (χ0n) is 15.9. The van der Waals surface area contributed by atoms with Crippen LogP contribution in [0.4, 0.5) is 5.69 Å². The lowest BCUT2D eigenvalue weighted by Gasteiger charge is -2.17. The highest BCUT2D eigenvalue weighted by atomic mass is 35.5. The van der Waals surface area contributed by atoms with E-state index in [0.29, 0.717) is 22.0 Å². The van der Waals surface area contributed by atoms with Gasteiger partial charge in [0.2, 0.25) is 0 Å². The van der Waals surface area contributed by atoms with Gasteiger partial charge in [0.25, 0.3) is 5.91 Å². The van der Waals surface area contributed by atoms with Gasteiger partial charge >= 0.3 is 5.97 Å². The summed E-state index contributed by atoms with van der Waals surface area (Å²) in [5.74, 6) is -0.164. The van der Waals surface area contributed by atoms with E-state index >= 15 is 0 Å². The van der Waals surface area contributed by atoms with Crippen LogP contribution in [0.15, 0.2) is 42.5 Å². The van der Waals surface area contributed by atoms with Crippen LogP contribution in [0.3, 0.4) is 0 Å². The first-order valence-electron chi connectivity index (χ1n) is 8.85. The Morgan fingerprint density at radius 3 is 2.37 bits per heavy atom. The standard InChI is InChI=1S/C21H24ClNO4/c1-5-14(3)26-21(25)15(4)27-18-9-6-16(7-10-18)20(24)23-19-11-8-17(22)12-13(19)2/h6-12,14-15H,5H2,1-4H3,(H,23,24)/t14-,15+/m1/s1. The topological polar surface area (TPSA) is 64.6 Å². The van der Waals surface area contributed by atoms with Gasteiger partial charge in [-0.2, -0.15) is 0 Å². The second kappa shape index (κ2) is 9.42. The fourth-order valence-electron chi connectivity index (χ4n) is 2.28. The third-order valence-corrected chi connectivity index (χ3v) is 4.33. The van der Waals surface area contributed by atoms with Crippen LogP contribution in [0.1, 0.15) is 43.1 Å². The molecule has 0 unspecified atom stereocenters. The Hall–Kier alpha value is -2.53. The molecule has 0 bridgehead atoms. The second-order valence-electron chi connectivity index (χ2n) is 6.35. The van der Waals surface area contributed by atoms with Gasteiger partial charge in [-0.25, -0.2) is 4.79 Å². The molecule has 6 heteroatoms. The highest BCUT2D eigenvalue weighted by Crippen LogP contribution is 2.21. The molecule has 1 amide bonds. The molecule has 2 rings (SSSR count). The minimum Gasteiger partial charge on any atom is -0.479 e. The first kappa shape index (κ1) is 20.8. The monoisotopic (exact) mass is 389 g/mol. The summed E-state index contributed by atoms with van der Waals surface area (Å²) >= 11 is 5.93. The van der Waals surface area contributed by atoms with E-state index in [-0.39, 0.29) is 12.0 Å². The zero-order valence-corrected chi connectivity index (χ0v) is 16.7. The maximum Gasteiger partial charge on any atom is 0.347 e. The van der Waals surface area contributed by atoms with Crippen LogP contribution in [0.25, 0.3) is 0 Å². The van der Waals surface area contributed by atoms with Crippen molar-refractivity contribution in [3.05, 3.63) is 58.6 Å². The maximum absolute atomic E-state index is 12.4. The van der Waals surface area contributed by atoms with Crippen LogP contribution in [0, 0.1) is 6.92 Å². The van der Waals surface area contributed by atoms with Crippen molar-refractivity contribution in [3.8, 4) is 5.75 Å². The van der Waals surface area contributed by atoms with Crippen molar-refractivity contribution in [2.45, 2.75) is 46.3 Å². The first-order valence-corrected chi connectivity index (χ1v) is 9.22. The number of carbonyl (C=O) groups excluding carboxylic acids is 2. The Kier molecular flexibility index (Phi) is 7.25. The van der Waals surface area contributed by atoms with Crippen molar-refractivity contribution < 1.29 is 19.1 Å². The van der Waals surface area contributed by atoms with Crippen LogP contribution in [0.2, 0.25) is 5.02 Å². The average Bonchev–Trinajstić information content (AvgIpc) is 2.64. The summed E-state index contributed by atoms with van der Waals surface area (Å²) in [7, 11) is 0. The smallest absolute Gasteiger partial charge is 0.347 e. The molecule has 2 atom stereocenters. The van der Waals surface area contributed by atoms with E-state index in [9.17, 15) is 9.59 Å². The first-order chi connectivity index (χ1) is 12.8. The molecule has 0 aliphatic rings. The molecule has 5 nitrogen and oxygen atoms in total. The molecule has 0 aliphatic carbocycles. The van der Waals surface area contributed by atoms with E-state index in [1.807, 2.05) is 20.8 Å². The predicted molar refractivity (Wildman–Crippen MR) is 107 cm³/mol. The van der Waals surface area contributed by atoms with Crippen molar-refractivity contribution in [2.75, 3.05) is 5.32 Å². The number of hydrogen-bond donors (Lipinski definition) is 1. The molecule has 0 radical (unpaired) electrons. The fraction of sp³-hybridized carbons (Fsp3) is 0.333. The van der Waals surface area contributed by atoms with E-state index in [1.54, 1.807) is 49.4 Å². The number of benzene rings is 2. The summed E-state index contributed by atoms with van der Waals surface area (Å²) in [5, 5.41) is 3.47. The van der Waals surface area contributed by atoms with Gasteiger partial charge in [0.05, 0.1) is 6.10 Å². The number of esters is 1. The molecule has 2 aromatic carbocycles. The molecule has 0 aromatic heterocycles. The van der Waals surface area contributed by atoms with Crippen LogP contribution in [0.5, 0.6) is 5.75 Å². The number of anilines is 1. The highest BCUT2D eigenvalue weighted by Gasteiger charge is 2.18. The zero-order chi connectivity index (χ0) is 20.0. The Balaban J connectivity index is 1.97. The Morgan fingerprint density at radius 2 is 1.78 bits per heavy atom. The number of hydrogen-bond acceptors (Lipinski definition) is 4. The van der Waals surface area contributed by atoms with Crippen molar-refractivity contribution in [2.24, 2.45) is 0 Å². The van der Waals surface area contributed by atoms with E-state index in [0.717, 1.165) is 12.0 Å². The molecule has 0 saturated carbocycles. The summed E-state index contributed by atoms with van der Waals surface area (Å²) < 4.78 is 10.8. The third-order valence-electron chi connectivity index (χ3n) is 4.09. The Morgan fingerprint density at radius 1 is 1.11 bits per heavy atom. The SMILES string of the molecule is CC[C@@H](C)OC(=O)[C@H](C)Oc1ccc(C(=O)Nc2ccc(Cl)cc2C)cc1. The second-order valence-corrected chi connectivity index (χ2v) is 6.79. The lowest BCUT2D eigenvalue weighted by Crippen LogP contribution is -2.29. The number of nitrogens with one attached hydrogen (secondary N) is 1. The van der Waals surface area contributed by atoms with Crippen molar-refractivity contribution in [3.63, 3.8) is 0 Å².